The van der Waals surface area contributed by atoms with E-state index in [-0.39, 0.29) is 10.6 Å². The average molecular weight is 247 g/mol. The summed E-state index contributed by atoms with van der Waals surface area (Å²) in [6.07, 6.45) is 0.891. The van der Waals surface area contributed by atoms with Gasteiger partial charge in [0.1, 0.15) is 5.82 Å². The smallest absolute Gasteiger partial charge is 0.123 e. The Morgan fingerprint density at radius 1 is 1.38 bits per heavy atom. The third kappa shape index (κ3) is 3.44. The summed E-state index contributed by atoms with van der Waals surface area (Å²) in [6, 6.07) is 6.50. The fraction of sp³-hybridized carbons (Fsp3) is 0.400. The first-order valence-electron chi connectivity index (χ1n) is 4.12. The molecule has 1 nitrogen and oxygen atoms in total. The van der Waals surface area contributed by atoms with Gasteiger partial charge < -0.3 is 4.74 Å². The number of rotatable bonds is 4. The standard InChI is InChI=1S/C10H12BrFO/c1-13-7-6-10(11)8-2-4-9(12)5-3-8/h2-5,10H,6-7H2,1H3. The van der Waals surface area contributed by atoms with E-state index in [1.54, 1.807) is 19.2 Å². The molecule has 3 heteroatoms. The Bertz CT molecular complexity index is 248. The fourth-order valence-corrected chi connectivity index (χ4v) is 1.55. The summed E-state index contributed by atoms with van der Waals surface area (Å²) in [7, 11) is 1.67. The Balaban J connectivity index is 2.55. The molecule has 0 amide bonds. The second-order valence-corrected chi connectivity index (χ2v) is 3.91. The number of hydrogen-bond acceptors (Lipinski definition) is 1. The average Bonchev–Trinajstić information content (AvgIpc) is 2.15. The maximum absolute atomic E-state index is 12.6. The van der Waals surface area contributed by atoms with E-state index in [1.807, 2.05) is 0 Å². The molecule has 0 heterocycles. The summed E-state index contributed by atoms with van der Waals surface area (Å²) in [5.74, 6) is -0.199. The fourth-order valence-electron chi connectivity index (χ4n) is 1.06. The van der Waals surface area contributed by atoms with Gasteiger partial charge in [-0.25, -0.2) is 4.39 Å². The third-order valence-electron chi connectivity index (χ3n) is 1.81. The highest BCUT2D eigenvalue weighted by atomic mass is 79.9. The first-order chi connectivity index (χ1) is 6.24. The van der Waals surface area contributed by atoms with Gasteiger partial charge in [0.15, 0.2) is 0 Å². The Hall–Kier alpha value is -0.410. The summed E-state index contributed by atoms with van der Waals surface area (Å²) in [5, 5.41) is 0. The van der Waals surface area contributed by atoms with Crippen molar-refractivity contribution < 1.29 is 9.13 Å². The molecule has 72 valence electrons. The molecule has 1 aromatic carbocycles. The van der Waals surface area contributed by atoms with E-state index in [4.69, 9.17) is 4.74 Å². The van der Waals surface area contributed by atoms with E-state index >= 15 is 0 Å². The van der Waals surface area contributed by atoms with Crippen LogP contribution in [-0.2, 0) is 4.74 Å². The lowest BCUT2D eigenvalue weighted by molar-refractivity contribution is 0.195. The van der Waals surface area contributed by atoms with E-state index < -0.39 is 0 Å². The van der Waals surface area contributed by atoms with E-state index in [0.717, 1.165) is 12.0 Å². The molecule has 0 spiro atoms. The first-order valence-corrected chi connectivity index (χ1v) is 5.04. The van der Waals surface area contributed by atoms with E-state index in [0.29, 0.717) is 6.61 Å². The minimum absolute atomic E-state index is 0.199. The normalized spacial score (nSPS) is 12.8. The van der Waals surface area contributed by atoms with Crippen molar-refractivity contribution in [3.8, 4) is 0 Å². The lowest BCUT2D eigenvalue weighted by Gasteiger charge is -2.08. The summed E-state index contributed by atoms with van der Waals surface area (Å²) in [5.41, 5.74) is 1.08. The molecule has 1 unspecified atom stereocenters. The largest absolute Gasteiger partial charge is 0.385 e. The third-order valence-corrected chi connectivity index (χ3v) is 2.79. The van der Waals surface area contributed by atoms with Crippen LogP contribution in [0, 0.1) is 5.82 Å². The molecular weight excluding hydrogens is 235 g/mol. The Morgan fingerprint density at radius 3 is 2.54 bits per heavy atom. The highest BCUT2D eigenvalue weighted by Gasteiger charge is 2.06. The van der Waals surface area contributed by atoms with Gasteiger partial charge in [-0.3, -0.25) is 0 Å². The molecule has 0 aliphatic heterocycles. The topological polar surface area (TPSA) is 9.23 Å². The zero-order chi connectivity index (χ0) is 9.68. The van der Waals surface area contributed by atoms with Gasteiger partial charge in [-0.05, 0) is 24.1 Å². The molecule has 0 saturated carbocycles. The van der Waals surface area contributed by atoms with Crippen molar-refractivity contribution in [2.45, 2.75) is 11.2 Å². The minimum atomic E-state index is -0.199. The van der Waals surface area contributed by atoms with Crippen LogP contribution in [-0.4, -0.2) is 13.7 Å². The van der Waals surface area contributed by atoms with E-state index in [2.05, 4.69) is 15.9 Å². The number of alkyl halides is 1. The van der Waals surface area contributed by atoms with Crippen LogP contribution in [0.25, 0.3) is 0 Å². The van der Waals surface area contributed by atoms with Gasteiger partial charge in [0.25, 0.3) is 0 Å². The Morgan fingerprint density at radius 2 is 2.00 bits per heavy atom. The number of ether oxygens (including phenoxy) is 1. The van der Waals surface area contributed by atoms with Crippen molar-refractivity contribution in [3.05, 3.63) is 35.6 Å². The Labute approximate surface area is 86.0 Å². The quantitative estimate of drug-likeness (QED) is 0.742. The van der Waals surface area contributed by atoms with Crippen LogP contribution in [0.15, 0.2) is 24.3 Å². The zero-order valence-electron chi connectivity index (χ0n) is 7.47. The molecule has 1 aromatic rings. The minimum Gasteiger partial charge on any atom is -0.385 e. The van der Waals surface area contributed by atoms with Crippen molar-refractivity contribution in [2.75, 3.05) is 13.7 Å². The summed E-state index contributed by atoms with van der Waals surface area (Å²) in [4.78, 5) is 0.244. The van der Waals surface area contributed by atoms with Crippen molar-refractivity contribution in [1.29, 1.82) is 0 Å². The van der Waals surface area contributed by atoms with Gasteiger partial charge in [-0.15, -0.1) is 0 Å². The van der Waals surface area contributed by atoms with Crippen LogP contribution < -0.4 is 0 Å². The number of hydrogen-bond donors (Lipinski definition) is 0. The van der Waals surface area contributed by atoms with Crippen molar-refractivity contribution >= 4 is 15.9 Å². The number of methoxy groups -OCH3 is 1. The molecule has 0 radical (unpaired) electrons. The lowest BCUT2D eigenvalue weighted by atomic mass is 10.1. The van der Waals surface area contributed by atoms with Crippen LogP contribution in [0.2, 0.25) is 0 Å². The van der Waals surface area contributed by atoms with E-state index in [1.165, 1.54) is 12.1 Å². The van der Waals surface area contributed by atoms with Gasteiger partial charge in [-0.2, -0.15) is 0 Å². The van der Waals surface area contributed by atoms with E-state index in [9.17, 15) is 4.39 Å². The van der Waals surface area contributed by atoms with Crippen LogP contribution in [0.1, 0.15) is 16.8 Å². The molecule has 1 atom stereocenters. The van der Waals surface area contributed by atoms with Gasteiger partial charge in [-0.1, -0.05) is 28.1 Å². The maximum atomic E-state index is 12.6. The maximum Gasteiger partial charge on any atom is 0.123 e. The molecule has 0 N–H and O–H groups in total. The first kappa shape index (κ1) is 10.7. The molecule has 0 fully saturated rings. The second kappa shape index (κ2) is 5.35. The van der Waals surface area contributed by atoms with Crippen LogP contribution >= 0.6 is 15.9 Å². The molecular formula is C10H12BrFO. The van der Waals surface area contributed by atoms with Gasteiger partial charge >= 0.3 is 0 Å². The number of halogens is 2. The molecule has 13 heavy (non-hydrogen) atoms. The van der Waals surface area contributed by atoms with Crippen molar-refractivity contribution in [1.82, 2.24) is 0 Å². The number of benzene rings is 1. The SMILES string of the molecule is COCCC(Br)c1ccc(F)cc1. The molecule has 0 saturated heterocycles. The van der Waals surface area contributed by atoms with Crippen molar-refractivity contribution in [2.24, 2.45) is 0 Å². The Kier molecular flexibility index (Phi) is 4.39. The predicted molar refractivity (Wildman–Crippen MR) is 54.6 cm³/mol. The van der Waals surface area contributed by atoms with Crippen LogP contribution in [0.3, 0.4) is 0 Å². The molecule has 0 aliphatic carbocycles. The van der Waals surface area contributed by atoms with Crippen LogP contribution in [0.5, 0.6) is 0 Å². The predicted octanol–water partition coefficient (Wildman–Crippen LogP) is 3.30. The van der Waals surface area contributed by atoms with Gasteiger partial charge in [0, 0.05) is 18.5 Å². The van der Waals surface area contributed by atoms with Gasteiger partial charge in [0.2, 0.25) is 0 Å². The summed E-state index contributed by atoms with van der Waals surface area (Å²) in [6.45, 7) is 0.702. The monoisotopic (exact) mass is 246 g/mol. The zero-order valence-corrected chi connectivity index (χ0v) is 9.05. The summed E-state index contributed by atoms with van der Waals surface area (Å²) < 4.78 is 17.5. The highest BCUT2D eigenvalue weighted by Crippen LogP contribution is 2.26. The van der Waals surface area contributed by atoms with Gasteiger partial charge in [0.05, 0.1) is 0 Å². The summed E-state index contributed by atoms with van der Waals surface area (Å²) >= 11 is 3.51. The second-order valence-electron chi connectivity index (χ2n) is 2.80. The lowest BCUT2D eigenvalue weighted by Crippen LogP contribution is -1.95. The van der Waals surface area contributed by atoms with Crippen LogP contribution in [0.4, 0.5) is 4.39 Å². The molecule has 0 aliphatic rings. The highest BCUT2D eigenvalue weighted by molar-refractivity contribution is 9.09. The molecule has 0 bridgehead atoms. The van der Waals surface area contributed by atoms with Crippen molar-refractivity contribution in [3.63, 3.8) is 0 Å². The molecule has 1 rings (SSSR count). The molecule has 0 aromatic heterocycles.